The van der Waals surface area contributed by atoms with Crippen LogP contribution in [0.4, 0.5) is 0 Å². The van der Waals surface area contributed by atoms with Crippen molar-refractivity contribution in [3.05, 3.63) is 29.6 Å². The number of rotatable bonds is 5. The van der Waals surface area contributed by atoms with Gasteiger partial charge in [-0.3, -0.25) is 4.98 Å². The average Bonchev–Trinajstić information content (AvgIpc) is 2.15. The molecule has 0 aliphatic heterocycles. The Morgan fingerprint density at radius 1 is 1.06 bits per heavy atom. The summed E-state index contributed by atoms with van der Waals surface area (Å²) >= 11 is 0. The van der Waals surface area contributed by atoms with E-state index in [0.717, 1.165) is 18.8 Å². The van der Waals surface area contributed by atoms with Crippen LogP contribution in [-0.2, 0) is 0 Å². The van der Waals surface area contributed by atoms with Crippen LogP contribution in [0.1, 0.15) is 17.3 Å². The Morgan fingerprint density at radius 2 is 1.59 bits per heavy atom. The van der Waals surface area contributed by atoms with E-state index in [-0.39, 0.29) is 12.4 Å². The minimum Gasteiger partial charge on any atom is -0.309 e. The van der Waals surface area contributed by atoms with Crippen LogP contribution >= 0.6 is 12.4 Å². The molecule has 17 heavy (non-hydrogen) atoms. The molecular formula is C13H24ClN3. The molecule has 0 unspecified atom stereocenters. The molecule has 98 valence electrons. The van der Waals surface area contributed by atoms with Crippen LogP contribution in [0, 0.1) is 6.92 Å². The van der Waals surface area contributed by atoms with Crippen LogP contribution in [0.15, 0.2) is 18.2 Å². The predicted molar refractivity (Wildman–Crippen MR) is 76.1 cm³/mol. The maximum absolute atomic E-state index is 4.63. The first-order valence-electron chi connectivity index (χ1n) is 5.72. The van der Waals surface area contributed by atoms with Gasteiger partial charge in [0.2, 0.25) is 0 Å². The number of aromatic nitrogens is 1. The van der Waals surface area contributed by atoms with Crippen molar-refractivity contribution >= 4 is 12.4 Å². The summed E-state index contributed by atoms with van der Waals surface area (Å²) in [5.74, 6) is 0.477. The molecule has 0 atom stereocenters. The fourth-order valence-electron chi connectivity index (χ4n) is 1.92. The smallest absolute Gasteiger partial charge is 0.0463 e. The van der Waals surface area contributed by atoms with Gasteiger partial charge in [-0.1, -0.05) is 6.07 Å². The minimum atomic E-state index is 0. The van der Waals surface area contributed by atoms with Gasteiger partial charge in [0.1, 0.15) is 0 Å². The lowest BCUT2D eigenvalue weighted by Gasteiger charge is -2.24. The van der Waals surface area contributed by atoms with Gasteiger partial charge in [0, 0.05) is 30.4 Å². The van der Waals surface area contributed by atoms with Gasteiger partial charge < -0.3 is 9.80 Å². The number of hydrogen-bond donors (Lipinski definition) is 0. The first-order valence-corrected chi connectivity index (χ1v) is 5.72. The molecular weight excluding hydrogens is 234 g/mol. The maximum Gasteiger partial charge on any atom is 0.0463 e. The second kappa shape index (κ2) is 7.64. The van der Waals surface area contributed by atoms with E-state index >= 15 is 0 Å². The van der Waals surface area contributed by atoms with E-state index in [1.165, 1.54) is 5.69 Å². The molecule has 0 saturated heterocycles. The van der Waals surface area contributed by atoms with Crippen LogP contribution in [0.25, 0.3) is 0 Å². The Morgan fingerprint density at radius 3 is 2.00 bits per heavy atom. The lowest BCUT2D eigenvalue weighted by atomic mass is 10.0. The van der Waals surface area contributed by atoms with Crippen molar-refractivity contribution in [3.8, 4) is 0 Å². The number of hydrogen-bond acceptors (Lipinski definition) is 3. The fraction of sp³-hybridized carbons (Fsp3) is 0.615. The molecule has 0 aliphatic carbocycles. The molecule has 0 amide bonds. The van der Waals surface area contributed by atoms with Gasteiger partial charge in [0.05, 0.1) is 0 Å². The van der Waals surface area contributed by atoms with Crippen LogP contribution < -0.4 is 0 Å². The second-order valence-electron chi connectivity index (χ2n) is 4.93. The third-order valence-corrected chi connectivity index (χ3v) is 2.50. The van der Waals surface area contributed by atoms with Crippen molar-refractivity contribution in [1.29, 1.82) is 0 Å². The highest BCUT2D eigenvalue weighted by atomic mass is 35.5. The summed E-state index contributed by atoms with van der Waals surface area (Å²) in [4.78, 5) is 9.07. The first-order chi connectivity index (χ1) is 7.49. The molecule has 0 aliphatic rings. The van der Waals surface area contributed by atoms with E-state index in [1.54, 1.807) is 0 Å². The zero-order valence-corrected chi connectivity index (χ0v) is 12.3. The Labute approximate surface area is 111 Å². The summed E-state index contributed by atoms with van der Waals surface area (Å²) in [6, 6.07) is 6.27. The number of halogens is 1. The summed E-state index contributed by atoms with van der Waals surface area (Å²) in [5.41, 5.74) is 2.29. The van der Waals surface area contributed by atoms with Crippen LogP contribution in [0.5, 0.6) is 0 Å². The van der Waals surface area contributed by atoms with Crippen LogP contribution in [0.3, 0.4) is 0 Å². The molecule has 3 nitrogen and oxygen atoms in total. The van der Waals surface area contributed by atoms with Crippen molar-refractivity contribution in [3.63, 3.8) is 0 Å². The topological polar surface area (TPSA) is 19.4 Å². The molecule has 0 fully saturated rings. The van der Waals surface area contributed by atoms with Crippen molar-refractivity contribution in [2.75, 3.05) is 41.3 Å². The van der Waals surface area contributed by atoms with Gasteiger partial charge in [-0.25, -0.2) is 0 Å². The van der Waals surface area contributed by atoms with E-state index in [9.17, 15) is 0 Å². The standard InChI is InChI=1S/C13H23N3.ClH/c1-11-7-6-8-13(14-11)12(9-15(2)3)10-16(4)5;/h6-8,12H,9-10H2,1-5H3;1H. The van der Waals surface area contributed by atoms with Gasteiger partial charge in [-0.2, -0.15) is 0 Å². The predicted octanol–water partition coefficient (Wildman–Crippen LogP) is 2.02. The highest BCUT2D eigenvalue weighted by Gasteiger charge is 2.15. The lowest BCUT2D eigenvalue weighted by Crippen LogP contribution is -2.29. The fourth-order valence-corrected chi connectivity index (χ4v) is 1.92. The zero-order chi connectivity index (χ0) is 12.1. The van der Waals surface area contributed by atoms with Crippen molar-refractivity contribution < 1.29 is 0 Å². The van der Waals surface area contributed by atoms with Gasteiger partial charge in [-0.15, -0.1) is 12.4 Å². The Hall–Kier alpha value is -0.640. The zero-order valence-electron chi connectivity index (χ0n) is 11.5. The van der Waals surface area contributed by atoms with Crippen molar-refractivity contribution in [1.82, 2.24) is 14.8 Å². The molecule has 1 heterocycles. The summed E-state index contributed by atoms with van der Waals surface area (Å²) in [6.45, 7) is 4.12. The molecule has 0 bridgehead atoms. The number of pyridine rings is 1. The summed E-state index contributed by atoms with van der Waals surface area (Å²) in [5, 5.41) is 0. The normalized spacial score (nSPS) is 11.1. The second-order valence-corrected chi connectivity index (χ2v) is 4.93. The highest BCUT2D eigenvalue weighted by Crippen LogP contribution is 2.15. The van der Waals surface area contributed by atoms with E-state index in [0.29, 0.717) is 5.92 Å². The molecule has 1 aromatic rings. The van der Waals surface area contributed by atoms with Crippen molar-refractivity contribution in [2.24, 2.45) is 0 Å². The molecule has 0 spiro atoms. The van der Waals surface area contributed by atoms with E-state index in [1.807, 2.05) is 13.0 Å². The van der Waals surface area contributed by atoms with Crippen LogP contribution in [0.2, 0.25) is 0 Å². The van der Waals surface area contributed by atoms with Gasteiger partial charge in [0.15, 0.2) is 0 Å². The quantitative estimate of drug-likeness (QED) is 0.805. The lowest BCUT2D eigenvalue weighted by molar-refractivity contribution is 0.304. The SMILES string of the molecule is Cc1cccc(C(CN(C)C)CN(C)C)n1.Cl. The number of nitrogens with zero attached hydrogens (tertiary/aromatic N) is 3. The minimum absolute atomic E-state index is 0. The summed E-state index contributed by atoms with van der Waals surface area (Å²) in [6.07, 6.45) is 0. The number of likely N-dealkylation sites (N-methyl/N-ethyl adjacent to an activating group) is 2. The van der Waals surface area contributed by atoms with Gasteiger partial charge in [-0.05, 0) is 47.2 Å². The molecule has 0 N–H and O–H groups in total. The Balaban J connectivity index is 0.00000256. The number of aryl methyl sites for hydroxylation is 1. The average molecular weight is 258 g/mol. The highest BCUT2D eigenvalue weighted by molar-refractivity contribution is 5.85. The molecule has 4 heteroatoms. The third-order valence-electron chi connectivity index (χ3n) is 2.50. The third kappa shape index (κ3) is 6.01. The summed E-state index contributed by atoms with van der Waals surface area (Å²) in [7, 11) is 8.44. The van der Waals surface area contributed by atoms with Gasteiger partial charge >= 0.3 is 0 Å². The van der Waals surface area contributed by atoms with Gasteiger partial charge in [0.25, 0.3) is 0 Å². The molecule has 0 radical (unpaired) electrons. The summed E-state index contributed by atoms with van der Waals surface area (Å²) < 4.78 is 0. The van der Waals surface area contributed by atoms with E-state index in [4.69, 9.17) is 0 Å². The molecule has 1 rings (SSSR count). The first kappa shape index (κ1) is 16.4. The monoisotopic (exact) mass is 257 g/mol. The van der Waals surface area contributed by atoms with Crippen molar-refractivity contribution in [2.45, 2.75) is 12.8 Å². The Bertz CT molecular complexity index is 316. The molecule has 1 aromatic heterocycles. The van der Waals surface area contributed by atoms with E-state index in [2.05, 4.69) is 55.1 Å². The Kier molecular flexibility index (Phi) is 7.35. The molecule has 0 saturated carbocycles. The van der Waals surface area contributed by atoms with E-state index < -0.39 is 0 Å². The molecule has 0 aromatic carbocycles. The van der Waals surface area contributed by atoms with Crippen LogP contribution in [-0.4, -0.2) is 56.1 Å². The maximum atomic E-state index is 4.63. The largest absolute Gasteiger partial charge is 0.309 e.